The zero-order chi connectivity index (χ0) is 20.4. The van der Waals surface area contributed by atoms with E-state index in [9.17, 15) is 18.8 Å². The number of hydrogen-bond donors (Lipinski definition) is 4. The van der Waals surface area contributed by atoms with E-state index in [1.807, 2.05) is 5.43 Å². The maximum atomic E-state index is 13.3. The number of halogens is 2. The number of rotatable bonds is 9. The molecule has 0 unspecified atom stereocenters. The zero-order valence-electron chi connectivity index (χ0n) is 14.8. The van der Waals surface area contributed by atoms with Crippen LogP contribution in [0.15, 0.2) is 18.2 Å². The van der Waals surface area contributed by atoms with Crippen LogP contribution in [0.3, 0.4) is 0 Å². The minimum Gasteiger partial charge on any atom is -0.484 e. The van der Waals surface area contributed by atoms with E-state index in [1.165, 1.54) is 12.1 Å². The predicted octanol–water partition coefficient (Wildman–Crippen LogP) is -0.228. The molecule has 9 nitrogen and oxygen atoms in total. The third-order valence-electron chi connectivity index (χ3n) is 4.73. The fraction of sp³-hybridized carbons (Fsp3) is 0.471. The van der Waals surface area contributed by atoms with Gasteiger partial charge in [-0.25, -0.2) is 10.2 Å². The molecule has 0 spiro atoms. The summed E-state index contributed by atoms with van der Waals surface area (Å²) in [5.74, 6) is 3.30. The highest BCUT2D eigenvalue weighted by Crippen LogP contribution is 2.60. The molecule has 152 valence electrons. The van der Waals surface area contributed by atoms with E-state index >= 15 is 0 Å². The van der Waals surface area contributed by atoms with Gasteiger partial charge < -0.3 is 20.1 Å². The molecule has 0 aromatic heterocycles. The Balaban J connectivity index is 1.35. The molecule has 1 aromatic rings. The lowest BCUT2D eigenvalue weighted by Crippen LogP contribution is -2.84. The summed E-state index contributed by atoms with van der Waals surface area (Å²) in [6.07, 6.45) is 1.82. The van der Waals surface area contributed by atoms with Crippen LogP contribution in [0, 0.1) is 5.82 Å². The van der Waals surface area contributed by atoms with Crippen molar-refractivity contribution < 1.29 is 28.2 Å². The molecule has 3 amide bonds. The minimum atomic E-state index is -0.621. The van der Waals surface area contributed by atoms with Crippen LogP contribution >= 0.6 is 11.6 Å². The number of carbonyl (C=O) groups is 3. The van der Waals surface area contributed by atoms with Crippen molar-refractivity contribution in [3.05, 3.63) is 29.0 Å². The average Bonchev–Trinajstić information content (AvgIpc) is 2.59. The molecule has 0 heterocycles. The highest BCUT2D eigenvalue weighted by Gasteiger charge is 2.69. The Bertz CT molecular complexity index is 786. The molecule has 5 N–H and O–H groups in total. The highest BCUT2D eigenvalue weighted by atomic mass is 35.5. The summed E-state index contributed by atoms with van der Waals surface area (Å²) in [7, 11) is 0. The fourth-order valence-electron chi connectivity index (χ4n) is 3.71. The molecule has 1 aromatic carbocycles. The highest BCUT2D eigenvalue weighted by molar-refractivity contribution is 6.30. The standard InChI is InChI=1S/C17H20ClFN4O5/c18-11-2-1-10(3-12(11)19)28-6-14(25)22-17-7-16(8-17,9-17)21-13(24)4-27-5-15(26)23-20/h1-3H,4-9,20H2,(H,21,24)(H,22,25)(H,23,26). The van der Waals surface area contributed by atoms with Crippen molar-refractivity contribution >= 4 is 29.3 Å². The van der Waals surface area contributed by atoms with Gasteiger partial charge in [-0.05, 0) is 31.4 Å². The smallest absolute Gasteiger partial charge is 0.259 e. The van der Waals surface area contributed by atoms with Crippen molar-refractivity contribution in [2.75, 3.05) is 19.8 Å². The molecule has 2 bridgehead atoms. The summed E-state index contributed by atoms with van der Waals surface area (Å²) in [5.41, 5.74) is 1.20. The predicted molar refractivity (Wildman–Crippen MR) is 95.7 cm³/mol. The normalized spacial score (nSPS) is 24.4. The molecule has 3 aliphatic carbocycles. The van der Waals surface area contributed by atoms with Gasteiger partial charge in [0.15, 0.2) is 6.61 Å². The van der Waals surface area contributed by atoms with Crippen LogP contribution in [0.25, 0.3) is 0 Å². The molecule has 0 saturated heterocycles. The van der Waals surface area contributed by atoms with Gasteiger partial charge >= 0.3 is 0 Å². The summed E-state index contributed by atoms with van der Waals surface area (Å²) >= 11 is 5.59. The van der Waals surface area contributed by atoms with Gasteiger partial charge in [0.2, 0.25) is 5.91 Å². The summed E-state index contributed by atoms with van der Waals surface area (Å²) < 4.78 is 23.5. The van der Waals surface area contributed by atoms with Gasteiger partial charge in [0.25, 0.3) is 11.8 Å². The molecule has 3 fully saturated rings. The third kappa shape index (κ3) is 4.51. The van der Waals surface area contributed by atoms with Crippen molar-refractivity contribution in [1.82, 2.24) is 16.1 Å². The monoisotopic (exact) mass is 414 g/mol. The van der Waals surface area contributed by atoms with Gasteiger partial charge in [-0.3, -0.25) is 19.8 Å². The lowest BCUT2D eigenvalue weighted by molar-refractivity contribution is -0.152. The number of benzene rings is 1. The van der Waals surface area contributed by atoms with E-state index in [2.05, 4.69) is 10.6 Å². The topological polar surface area (TPSA) is 132 Å². The zero-order valence-corrected chi connectivity index (χ0v) is 15.6. The Kier molecular flexibility index (Phi) is 5.73. The van der Waals surface area contributed by atoms with Crippen LogP contribution < -0.4 is 26.6 Å². The quantitative estimate of drug-likeness (QED) is 0.251. The second-order valence-corrected chi connectivity index (χ2v) is 7.52. The first-order valence-corrected chi connectivity index (χ1v) is 8.90. The molecular formula is C17H20ClFN4O5. The largest absolute Gasteiger partial charge is 0.484 e. The first-order valence-electron chi connectivity index (χ1n) is 8.52. The lowest BCUT2D eigenvalue weighted by Gasteiger charge is -2.70. The van der Waals surface area contributed by atoms with Crippen LogP contribution in [0.5, 0.6) is 5.75 Å². The van der Waals surface area contributed by atoms with Crippen LogP contribution in [-0.4, -0.2) is 48.6 Å². The van der Waals surface area contributed by atoms with Gasteiger partial charge in [0.1, 0.15) is 24.8 Å². The van der Waals surface area contributed by atoms with E-state index in [1.54, 1.807) is 0 Å². The van der Waals surface area contributed by atoms with Crippen molar-refractivity contribution in [1.29, 1.82) is 0 Å². The van der Waals surface area contributed by atoms with E-state index in [-0.39, 0.29) is 53.5 Å². The summed E-state index contributed by atoms with van der Waals surface area (Å²) in [6, 6.07) is 3.94. The number of ether oxygens (including phenoxy) is 2. The number of carbonyl (C=O) groups excluding carboxylic acids is 3. The third-order valence-corrected chi connectivity index (χ3v) is 5.03. The molecule has 0 aliphatic heterocycles. The van der Waals surface area contributed by atoms with Crippen LogP contribution in [0.2, 0.25) is 5.02 Å². The van der Waals surface area contributed by atoms with Crippen LogP contribution in [0.1, 0.15) is 19.3 Å². The summed E-state index contributed by atoms with van der Waals surface area (Å²) in [4.78, 5) is 34.8. The molecule has 4 rings (SSSR count). The Morgan fingerprint density at radius 2 is 1.61 bits per heavy atom. The molecular weight excluding hydrogens is 395 g/mol. The maximum absolute atomic E-state index is 13.3. The van der Waals surface area contributed by atoms with Gasteiger partial charge in [-0.15, -0.1) is 0 Å². The number of amides is 3. The van der Waals surface area contributed by atoms with E-state index in [4.69, 9.17) is 26.9 Å². The molecule has 0 atom stereocenters. The average molecular weight is 415 g/mol. The summed E-state index contributed by atoms with van der Waals surface area (Å²) in [6.45, 7) is -0.798. The fourth-order valence-corrected chi connectivity index (χ4v) is 3.83. The second kappa shape index (κ2) is 7.90. The first-order chi connectivity index (χ1) is 13.2. The summed E-state index contributed by atoms with van der Waals surface area (Å²) in [5, 5.41) is 5.72. The second-order valence-electron chi connectivity index (χ2n) is 7.11. The van der Waals surface area contributed by atoms with E-state index in [0.717, 1.165) is 6.07 Å². The number of nitrogens with one attached hydrogen (secondary N) is 3. The van der Waals surface area contributed by atoms with Crippen molar-refractivity contribution in [2.45, 2.75) is 30.3 Å². The van der Waals surface area contributed by atoms with Gasteiger partial charge in [0, 0.05) is 17.1 Å². The number of nitrogens with two attached hydrogens (primary N) is 1. The number of hydrogen-bond acceptors (Lipinski definition) is 6. The Morgan fingerprint density at radius 3 is 2.18 bits per heavy atom. The van der Waals surface area contributed by atoms with Gasteiger partial charge in [0.05, 0.1) is 5.02 Å². The van der Waals surface area contributed by atoms with E-state index < -0.39 is 11.7 Å². The minimum absolute atomic E-state index is 0.0222. The molecule has 3 saturated carbocycles. The van der Waals surface area contributed by atoms with Gasteiger partial charge in [-0.2, -0.15) is 0 Å². The van der Waals surface area contributed by atoms with E-state index in [0.29, 0.717) is 19.3 Å². The van der Waals surface area contributed by atoms with Crippen LogP contribution in [0.4, 0.5) is 4.39 Å². The Hall–Kier alpha value is -2.43. The molecule has 28 heavy (non-hydrogen) atoms. The molecule has 3 aliphatic rings. The number of hydrazine groups is 1. The lowest BCUT2D eigenvalue weighted by atomic mass is 9.44. The van der Waals surface area contributed by atoms with Crippen LogP contribution in [-0.2, 0) is 19.1 Å². The van der Waals surface area contributed by atoms with Crippen molar-refractivity contribution in [2.24, 2.45) is 5.84 Å². The first kappa shape index (κ1) is 20.3. The molecule has 11 heteroatoms. The van der Waals surface area contributed by atoms with Crippen molar-refractivity contribution in [3.8, 4) is 5.75 Å². The Labute approximate surface area is 165 Å². The Morgan fingerprint density at radius 1 is 1.04 bits per heavy atom. The SMILES string of the molecule is NNC(=O)COCC(=O)NC12CC(NC(=O)COc3ccc(Cl)c(F)c3)(C1)C2. The molecule has 0 radical (unpaired) electrons. The van der Waals surface area contributed by atoms with Crippen molar-refractivity contribution in [3.63, 3.8) is 0 Å². The van der Waals surface area contributed by atoms with Gasteiger partial charge in [-0.1, -0.05) is 11.6 Å². The maximum Gasteiger partial charge on any atom is 0.259 e.